The predicted octanol–water partition coefficient (Wildman–Crippen LogP) is 0.805. The predicted molar refractivity (Wildman–Crippen MR) is 67.8 cm³/mol. The van der Waals surface area contributed by atoms with E-state index in [-0.39, 0.29) is 5.57 Å². The third-order valence-electron chi connectivity index (χ3n) is 3.51. The minimum atomic E-state index is -4.45. The van der Waals surface area contributed by atoms with Crippen LogP contribution >= 0.6 is 0 Å². The summed E-state index contributed by atoms with van der Waals surface area (Å²) >= 11 is 0. The Bertz CT molecular complexity index is 480. The molecule has 2 unspecified atom stereocenters. The van der Waals surface area contributed by atoms with Gasteiger partial charge in [-0.05, 0) is 32.8 Å². The maximum absolute atomic E-state index is 12.9. The number of nitrogens with one attached hydrogen (secondary N) is 2. The van der Waals surface area contributed by atoms with Crippen molar-refractivity contribution in [2.24, 2.45) is 0 Å². The van der Waals surface area contributed by atoms with Gasteiger partial charge in [0.1, 0.15) is 6.23 Å². The summed E-state index contributed by atoms with van der Waals surface area (Å²) in [6.07, 6.45) is -1.04. The number of aliphatic hydroxyl groups excluding tert-OH is 1. The number of halogens is 3. The zero-order valence-corrected chi connectivity index (χ0v) is 11.4. The molecule has 5 N–H and O–H groups in total. The number of hydrogen-bond donors (Lipinski definition) is 4. The van der Waals surface area contributed by atoms with Gasteiger partial charge in [0.25, 0.3) is 0 Å². The lowest BCUT2D eigenvalue weighted by Crippen LogP contribution is -2.99. The molecule has 20 heavy (non-hydrogen) atoms. The van der Waals surface area contributed by atoms with Gasteiger partial charge < -0.3 is 10.4 Å². The lowest BCUT2D eigenvalue weighted by molar-refractivity contribution is -0.677. The first kappa shape index (κ1) is 15.1. The molecular formula is C13H19F3N3O+. The summed E-state index contributed by atoms with van der Waals surface area (Å²) in [6, 6.07) is 0. The molecule has 0 spiro atoms. The van der Waals surface area contributed by atoms with Gasteiger partial charge in [0.05, 0.1) is 0 Å². The van der Waals surface area contributed by atoms with Crippen LogP contribution in [0, 0.1) is 0 Å². The first-order valence-electron chi connectivity index (χ1n) is 6.47. The van der Waals surface area contributed by atoms with Crippen molar-refractivity contribution in [1.29, 1.82) is 0 Å². The van der Waals surface area contributed by atoms with Crippen LogP contribution in [0.25, 0.3) is 0 Å². The van der Waals surface area contributed by atoms with Crippen LogP contribution in [0.15, 0.2) is 34.7 Å². The van der Waals surface area contributed by atoms with Crippen LogP contribution in [0.2, 0.25) is 0 Å². The molecule has 2 atom stereocenters. The van der Waals surface area contributed by atoms with Crippen molar-refractivity contribution in [3.63, 3.8) is 0 Å². The highest BCUT2D eigenvalue weighted by Crippen LogP contribution is 2.25. The topological polar surface area (TPSA) is 60.9 Å². The van der Waals surface area contributed by atoms with Gasteiger partial charge in [-0.25, -0.2) is 5.32 Å². The smallest absolute Gasteiger partial charge is 0.374 e. The molecule has 112 valence electrons. The molecule has 1 aliphatic heterocycles. The van der Waals surface area contributed by atoms with E-state index >= 15 is 0 Å². The maximum atomic E-state index is 12.9. The first-order chi connectivity index (χ1) is 9.27. The highest BCUT2D eigenvalue weighted by molar-refractivity contribution is 5.22. The van der Waals surface area contributed by atoms with E-state index in [2.05, 4.69) is 10.6 Å². The highest BCUT2D eigenvalue weighted by Gasteiger charge is 2.45. The SMILES string of the molecule is CC1=CC=C(NC2NC(O)C(C)=C(C(F)(F)F)[NH2+]2)CC1. The van der Waals surface area contributed by atoms with Crippen LogP contribution in [0.3, 0.4) is 0 Å². The molecule has 0 radical (unpaired) electrons. The van der Waals surface area contributed by atoms with Gasteiger partial charge in [-0.1, -0.05) is 11.6 Å². The molecule has 0 saturated carbocycles. The van der Waals surface area contributed by atoms with Crippen molar-refractivity contribution < 1.29 is 23.6 Å². The van der Waals surface area contributed by atoms with E-state index in [1.54, 1.807) is 0 Å². The largest absolute Gasteiger partial charge is 0.467 e. The van der Waals surface area contributed by atoms with E-state index in [4.69, 9.17) is 0 Å². The second kappa shape index (κ2) is 5.59. The Morgan fingerprint density at radius 1 is 1.30 bits per heavy atom. The first-order valence-corrected chi connectivity index (χ1v) is 6.47. The number of nitrogens with two attached hydrogens (primary N) is 1. The van der Waals surface area contributed by atoms with E-state index in [0.717, 1.165) is 23.9 Å². The Balaban J connectivity index is 2.09. The second-order valence-electron chi connectivity index (χ2n) is 5.16. The van der Waals surface area contributed by atoms with Crippen molar-refractivity contribution in [3.8, 4) is 0 Å². The van der Waals surface area contributed by atoms with Gasteiger partial charge in [-0.3, -0.25) is 5.32 Å². The summed E-state index contributed by atoms with van der Waals surface area (Å²) in [5, 5.41) is 16.5. The number of rotatable bonds is 2. The number of alkyl halides is 3. The summed E-state index contributed by atoms with van der Waals surface area (Å²) in [7, 11) is 0. The Hall–Kier alpha value is -1.31. The van der Waals surface area contributed by atoms with E-state index in [0.29, 0.717) is 0 Å². The minimum absolute atomic E-state index is 0.107. The summed E-state index contributed by atoms with van der Waals surface area (Å²) in [6.45, 7) is 3.29. The summed E-state index contributed by atoms with van der Waals surface area (Å²) in [5.74, 6) is 0. The molecule has 0 amide bonds. The van der Waals surface area contributed by atoms with Crippen molar-refractivity contribution in [1.82, 2.24) is 10.6 Å². The minimum Gasteiger partial charge on any atom is -0.374 e. The molecule has 2 rings (SSSR count). The van der Waals surface area contributed by atoms with Gasteiger partial charge in [-0.2, -0.15) is 13.2 Å². The fourth-order valence-electron chi connectivity index (χ4n) is 2.25. The number of allylic oxidation sites excluding steroid dienone is 5. The molecular weight excluding hydrogens is 271 g/mol. The molecule has 0 bridgehead atoms. The zero-order chi connectivity index (χ0) is 14.9. The van der Waals surface area contributed by atoms with Gasteiger partial charge in [-0.15, -0.1) is 0 Å². The summed E-state index contributed by atoms with van der Waals surface area (Å²) in [4.78, 5) is 0. The molecule has 0 aromatic carbocycles. The molecule has 1 aliphatic carbocycles. The molecule has 0 fully saturated rings. The second-order valence-corrected chi connectivity index (χ2v) is 5.16. The van der Waals surface area contributed by atoms with Crippen molar-refractivity contribution in [3.05, 3.63) is 34.7 Å². The Morgan fingerprint density at radius 2 is 2.00 bits per heavy atom. The van der Waals surface area contributed by atoms with Crippen LogP contribution in [0.1, 0.15) is 26.7 Å². The van der Waals surface area contributed by atoms with Gasteiger partial charge in [0.2, 0.25) is 12.0 Å². The quantitative estimate of drug-likeness (QED) is 0.608. The third kappa shape index (κ3) is 3.41. The van der Waals surface area contributed by atoms with Crippen LogP contribution in [-0.4, -0.2) is 23.8 Å². The van der Waals surface area contributed by atoms with E-state index in [9.17, 15) is 18.3 Å². The van der Waals surface area contributed by atoms with Crippen LogP contribution < -0.4 is 16.0 Å². The van der Waals surface area contributed by atoms with E-state index in [1.807, 2.05) is 19.1 Å². The van der Waals surface area contributed by atoms with Gasteiger partial charge in [0.15, 0.2) is 0 Å². The van der Waals surface area contributed by atoms with Crippen molar-refractivity contribution in [2.45, 2.75) is 45.4 Å². The summed E-state index contributed by atoms with van der Waals surface area (Å²) < 4.78 is 38.7. The fourth-order valence-corrected chi connectivity index (χ4v) is 2.25. The molecule has 7 heteroatoms. The average Bonchev–Trinajstić information content (AvgIpc) is 2.35. The van der Waals surface area contributed by atoms with E-state index in [1.165, 1.54) is 12.5 Å². The fraction of sp³-hybridized carbons (Fsp3) is 0.538. The third-order valence-corrected chi connectivity index (χ3v) is 3.51. The Morgan fingerprint density at radius 3 is 2.55 bits per heavy atom. The molecule has 4 nitrogen and oxygen atoms in total. The molecule has 1 heterocycles. The lowest BCUT2D eigenvalue weighted by atomic mass is 10.0. The Labute approximate surface area is 115 Å². The van der Waals surface area contributed by atoms with Crippen LogP contribution in [-0.2, 0) is 0 Å². The zero-order valence-electron chi connectivity index (χ0n) is 11.4. The van der Waals surface area contributed by atoms with Gasteiger partial charge >= 0.3 is 6.18 Å². The molecule has 2 aliphatic rings. The highest BCUT2D eigenvalue weighted by atomic mass is 19.4. The number of quaternary nitrogens is 1. The standard InChI is InChI=1S/C13H18F3N3O/c1-7-3-5-9(6-4-7)17-12-18-10(13(14,15)16)8(2)11(20)19-12/h3,5,11-12,17-20H,4,6H2,1-2H3/p+1. The van der Waals surface area contributed by atoms with Crippen molar-refractivity contribution >= 4 is 0 Å². The number of hydrogen-bond acceptors (Lipinski definition) is 3. The van der Waals surface area contributed by atoms with Crippen LogP contribution in [0.5, 0.6) is 0 Å². The molecule has 0 aromatic heterocycles. The van der Waals surface area contributed by atoms with E-state index < -0.39 is 24.4 Å². The average molecular weight is 290 g/mol. The maximum Gasteiger partial charge on any atom is 0.467 e. The van der Waals surface area contributed by atoms with Crippen LogP contribution in [0.4, 0.5) is 13.2 Å². The molecule has 0 saturated heterocycles. The Kier molecular flexibility index (Phi) is 4.22. The molecule has 0 aromatic rings. The van der Waals surface area contributed by atoms with Crippen molar-refractivity contribution in [2.75, 3.05) is 0 Å². The van der Waals surface area contributed by atoms with Gasteiger partial charge in [0, 0.05) is 11.3 Å². The lowest BCUT2D eigenvalue weighted by Gasteiger charge is -2.31. The summed E-state index contributed by atoms with van der Waals surface area (Å²) in [5.41, 5.74) is 1.22. The monoisotopic (exact) mass is 290 g/mol. The normalized spacial score (nSPS) is 28.1. The number of aliphatic hydroxyl groups is 1.